The molecule has 1 N–H and O–H groups in total. The van der Waals surface area contributed by atoms with E-state index in [2.05, 4.69) is 45.1 Å². The minimum atomic E-state index is 0.0903. The second-order valence-electron chi connectivity index (χ2n) is 5.96. The van der Waals surface area contributed by atoms with Crippen LogP contribution in [0.25, 0.3) is 0 Å². The number of halogens is 1. The summed E-state index contributed by atoms with van der Waals surface area (Å²) in [5, 5.41) is 3.49. The van der Waals surface area contributed by atoms with Crippen LogP contribution in [0.4, 0.5) is 0 Å². The van der Waals surface area contributed by atoms with Gasteiger partial charge in [-0.3, -0.25) is 0 Å². The molecule has 0 aromatic heterocycles. The molecule has 0 aliphatic rings. The molecule has 0 aliphatic heterocycles. The predicted octanol–water partition coefficient (Wildman–Crippen LogP) is 4.40. The van der Waals surface area contributed by atoms with E-state index in [1.807, 2.05) is 13.0 Å². The molecule has 3 heteroatoms. The van der Waals surface area contributed by atoms with E-state index in [1.165, 1.54) is 11.1 Å². The van der Waals surface area contributed by atoms with Crippen LogP contribution in [0.15, 0.2) is 29.3 Å². The molecule has 0 bridgehead atoms. The van der Waals surface area contributed by atoms with Gasteiger partial charge in [0, 0.05) is 23.2 Å². The van der Waals surface area contributed by atoms with Gasteiger partial charge in [0.2, 0.25) is 0 Å². The number of hydrogen-bond acceptors (Lipinski definition) is 2. The van der Waals surface area contributed by atoms with Crippen molar-refractivity contribution in [2.75, 3.05) is 6.61 Å². The largest absolute Gasteiger partial charge is 0.489 e. The van der Waals surface area contributed by atoms with Gasteiger partial charge >= 0.3 is 0 Å². The molecular formula is C16H24ClNO. The van der Waals surface area contributed by atoms with Crippen molar-refractivity contribution >= 4 is 11.6 Å². The Balaban J connectivity index is 2.79. The van der Waals surface area contributed by atoms with E-state index >= 15 is 0 Å². The minimum absolute atomic E-state index is 0.0903. The Kier molecular flexibility index (Phi) is 5.89. The Morgan fingerprint density at radius 2 is 2.05 bits per heavy atom. The van der Waals surface area contributed by atoms with Gasteiger partial charge < -0.3 is 10.1 Å². The lowest BCUT2D eigenvalue weighted by molar-refractivity contribution is 0.343. The van der Waals surface area contributed by atoms with Crippen molar-refractivity contribution in [1.29, 1.82) is 0 Å². The lowest BCUT2D eigenvalue weighted by atomic mass is 10.1. The van der Waals surface area contributed by atoms with Crippen molar-refractivity contribution in [1.82, 2.24) is 5.32 Å². The lowest BCUT2D eigenvalue weighted by Gasteiger charge is -2.22. The summed E-state index contributed by atoms with van der Waals surface area (Å²) in [5.41, 5.74) is 5.07. The van der Waals surface area contributed by atoms with Crippen molar-refractivity contribution in [3.8, 4) is 5.75 Å². The Morgan fingerprint density at radius 1 is 1.37 bits per heavy atom. The minimum Gasteiger partial charge on any atom is -0.489 e. The second kappa shape index (κ2) is 6.97. The van der Waals surface area contributed by atoms with Gasteiger partial charge in [-0.05, 0) is 46.3 Å². The van der Waals surface area contributed by atoms with E-state index in [4.69, 9.17) is 16.3 Å². The third kappa shape index (κ3) is 6.13. The molecule has 0 unspecified atom stereocenters. The first-order valence-corrected chi connectivity index (χ1v) is 6.98. The fraction of sp³-hybridized carbons (Fsp3) is 0.500. The van der Waals surface area contributed by atoms with Gasteiger partial charge in [0.15, 0.2) is 0 Å². The number of nitrogens with one attached hydrogen (secondary N) is 1. The van der Waals surface area contributed by atoms with Crippen molar-refractivity contribution in [3.05, 3.63) is 40.4 Å². The molecule has 1 aromatic carbocycles. The van der Waals surface area contributed by atoms with Gasteiger partial charge in [-0.2, -0.15) is 0 Å². The highest BCUT2D eigenvalue weighted by Crippen LogP contribution is 2.21. The van der Waals surface area contributed by atoms with Crippen LogP contribution >= 0.6 is 11.6 Å². The zero-order valence-electron chi connectivity index (χ0n) is 12.5. The smallest absolute Gasteiger partial charge is 0.124 e. The number of benzene rings is 1. The first-order chi connectivity index (χ1) is 8.81. The first-order valence-electron chi connectivity index (χ1n) is 6.55. The zero-order valence-corrected chi connectivity index (χ0v) is 13.3. The maximum atomic E-state index is 5.82. The molecule has 0 saturated heterocycles. The van der Waals surface area contributed by atoms with Crippen LogP contribution in [0.1, 0.15) is 38.8 Å². The Labute approximate surface area is 121 Å². The third-order valence-corrected chi connectivity index (χ3v) is 3.04. The van der Waals surface area contributed by atoms with Crippen molar-refractivity contribution in [3.63, 3.8) is 0 Å². The summed E-state index contributed by atoms with van der Waals surface area (Å²) >= 11 is 5.65. The SMILES string of the molecule is C/C(=C/Cl)COc1ccc(C)cc1CNC(C)(C)C. The van der Waals surface area contributed by atoms with Crippen LogP contribution in [0, 0.1) is 6.92 Å². The van der Waals surface area contributed by atoms with E-state index < -0.39 is 0 Å². The standard InChI is InChI=1S/C16H24ClNO/c1-12-6-7-15(19-11-13(2)9-17)14(8-12)10-18-16(3,4)5/h6-9,18H,10-11H2,1-5H3/b13-9-. The number of ether oxygens (including phenoxy) is 1. The molecule has 0 atom stereocenters. The molecule has 0 fully saturated rings. The molecule has 19 heavy (non-hydrogen) atoms. The van der Waals surface area contributed by atoms with E-state index in [1.54, 1.807) is 5.54 Å². The maximum Gasteiger partial charge on any atom is 0.124 e. The first kappa shape index (κ1) is 16.1. The zero-order chi connectivity index (χ0) is 14.5. The highest BCUT2D eigenvalue weighted by Gasteiger charge is 2.11. The summed E-state index contributed by atoms with van der Waals surface area (Å²) in [5.74, 6) is 0.917. The maximum absolute atomic E-state index is 5.82. The summed E-state index contributed by atoms with van der Waals surface area (Å²) in [7, 11) is 0. The summed E-state index contributed by atoms with van der Waals surface area (Å²) in [6.07, 6.45) is 0. The molecule has 1 rings (SSSR count). The molecule has 0 spiro atoms. The van der Waals surface area contributed by atoms with E-state index in [9.17, 15) is 0 Å². The molecule has 0 heterocycles. The predicted molar refractivity (Wildman–Crippen MR) is 82.9 cm³/mol. The molecule has 1 aromatic rings. The highest BCUT2D eigenvalue weighted by molar-refractivity contribution is 6.25. The number of hydrogen-bond donors (Lipinski definition) is 1. The molecule has 2 nitrogen and oxygen atoms in total. The van der Waals surface area contributed by atoms with Crippen LogP contribution in [-0.4, -0.2) is 12.1 Å². The van der Waals surface area contributed by atoms with Gasteiger partial charge in [-0.25, -0.2) is 0 Å². The lowest BCUT2D eigenvalue weighted by Crippen LogP contribution is -2.35. The summed E-state index contributed by atoms with van der Waals surface area (Å²) < 4.78 is 5.82. The summed E-state index contributed by atoms with van der Waals surface area (Å²) in [6, 6.07) is 6.25. The highest BCUT2D eigenvalue weighted by atomic mass is 35.5. The van der Waals surface area contributed by atoms with Crippen LogP contribution < -0.4 is 10.1 Å². The fourth-order valence-electron chi connectivity index (χ4n) is 1.57. The van der Waals surface area contributed by atoms with Crippen molar-refractivity contribution < 1.29 is 4.74 Å². The third-order valence-electron chi connectivity index (χ3n) is 2.67. The molecule has 106 valence electrons. The van der Waals surface area contributed by atoms with Gasteiger partial charge in [0.25, 0.3) is 0 Å². The van der Waals surface area contributed by atoms with Crippen LogP contribution in [-0.2, 0) is 6.54 Å². The second-order valence-corrected chi connectivity index (χ2v) is 6.18. The van der Waals surface area contributed by atoms with Gasteiger partial charge in [0.1, 0.15) is 12.4 Å². The fourth-order valence-corrected chi connectivity index (χ4v) is 1.63. The molecule has 0 saturated carbocycles. The molecular weight excluding hydrogens is 258 g/mol. The van der Waals surface area contributed by atoms with Crippen LogP contribution in [0.2, 0.25) is 0 Å². The Bertz CT molecular complexity index is 447. The topological polar surface area (TPSA) is 21.3 Å². The summed E-state index contributed by atoms with van der Waals surface area (Å²) in [6.45, 7) is 11.8. The molecule has 0 amide bonds. The monoisotopic (exact) mass is 281 g/mol. The van der Waals surface area contributed by atoms with Gasteiger partial charge in [-0.15, -0.1) is 0 Å². The normalized spacial score (nSPS) is 12.6. The average Bonchev–Trinajstić information content (AvgIpc) is 2.33. The van der Waals surface area contributed by atoms with E-state index in [0.717, 1.165) is 17.9 Å². The van der Waals surface area contributed by atoms with E-state index in [-0.39, 0.29) is 5.54 Å². The van der Waals surface area contributed by atoms with Crippen molar-refractivity contribution in [2.45, 2.75) is 46.7 Å². The van der Waals surface area contributed by atoms with Crippen molar-refractivity contribution in [2.24, 2.45) is 0 Å². The van der Waals surface area contributed by atoms with Gasteiger partial charge in [0.05, 0.1) is 0 Å². The van der Waals surface area contributed by atoms with Crippen LogP contribution in [0.3, 0.4) is 0 Å². The molecule has 0 aliphatic carbocycles. The Hall–Kier alpha value is -0.990. The molecule has 0 radical (unpaired) electrons. The quantitative estimate of drug-likeness (QED) is 0.863. The average molecular weight is 282 g/mol. The van der Waals surface area contributed by atoms with Gasteiger partial charge in [-0.1, -0.05) is 29.3 Å². The number of aryl methyl sites for hydroxylation is 1. The Morgan fingerprint density at radius 3 is 2.63 bits per heavy atom. The summed E-state index contributed by atoms with van der Waals surface area (Å²) in [4.78, 5) is 0. The van der Waals surface area contributed by atoms with Crippen LogP contribution in [0.5, 0.6) is 5.75 Å². The number of rotatable bonds is 5. The van der Waals surface area contributed by atoms with E-state index in [0.29, 0.717) is 6.61 Å².